The molecule has 0 rings (SSSR count). The Hall–Kier alpha value is -1.31. The van der Waals surface area contributed by atoms with E-state index in [9.17, 15) is 24.3 Å². The Morgan fingerprint density at radius 2 is 1.45 bits per heavy atom. The molecule has 276 valence electrons. The Morgan fingerprint density at radius 1 is 0.915 bits per heavy atom. The fourth-order valence-electron chi connectivity index (χ4n) is 4.30. The number of ether oxygens (including phenoxy) is 2. The van der Waals surface area contributed by atoms with Crippen LogP contribution in [0.5, 0.6) is 0 Å². The fourth-order valence-corrected chi connectivity index (χ4v) is 5.80. The van der Waals surface area contributed by atoms with Gasteiger partial charge in [-0.05, 0) is 64.1 Å². The Kier molecular flexibility index (Phi) is 18.1. The van der Waals surface area contributed by atoms with Crippen LogP contribution >= 0.6 is 34.8 Å². The number of esters is 1. The first-order valence-corrected chi connectivity index (χ1v) is 20.2. The van der Waals surface area contributed by atoms with Crippen molar-refractivity contribution >= 4 is 67.0 Å². The molecule has 0 unspecified atom stereocenters. The van der Waals surface area contributed by atoms with Gasteiger partial charge in [-0.25, -0.2) is 4.79 Å². The molecule has 0 aliphatic carbocycles. The number of likely N-dealkylation sites (N-methyl/N-ethyl adjacent to an activating group) is 1. The molecule has 0 aromatic rings. The van der Waals surface area contributed by atoms with E-state index in [1.54, 1.807) is 20.8 Å². The molecule has 3 N–H and O–H groups in total. The summed E-state index contributed by atoms with van der Waals surface area (Å²) in [5, 5.41) is 16.1. The second-order valence-electron chi connectivity index (χ2n) is 15.3. The summed E-state index contributed by atoms with van der Waals surface area (Å²) in [5.74, 6) is -2.17. The van der Waals surface area contributed by atoms with Crippen molar-refractivity contribution in [3.05, 3.63) is 0 Å². The van der Waals surface area contributed by atoms with Gasteiger partial charge in [0.15, 0.2) is 8.32 Å². The van der Waals surface area contributed by atoms with Gasteiger partial charge in [0.1, 0.15) is 24.3 Å². The highest BCUT2D eigenvalue weighted by molar-refractivity contribution is 6.74. The first kappa shape index (κ1) is 45.7. The maximum absolute atomic E-state index is 13.9. The number of nitrogens with one attached hydrogen (secondary N) is 2. The van der Waals surface area contributed by atoms with Crippen LogP contribution in [0.4, 0.5) is 4.79 Å². The van der Waals surface area contributed by atoms with E-state index in [4.69, 9.17) is 48.7 Å². The molecule has 0 aliphatic heterocycles. The van der Waals surface area contributed by atoms with Crippen LogP contribution in [0.1, 0.15) is 95.4 Å². The van der Waals surface area contributed by atoms with Crippen molar-refractivity contribution in [2.24, 2.45) is 11.8 Å². The van der Waals surface area contributed by atoms with E-state index < -0.39 is 78.5 Å². The van der Waals surface area contributed by atoms with Crippen LogP contribution in [0.15, 0.2) is 0 Å². The zero-order valence-corrected chi connectivity index (χ0v) is 34.0. The molecule has 0 saturated heterocycles. The lowest BCUT2D eigenvalue weighted by molar-refractivity contribution is -0.146. The number of alkyl halides is 3. The van der Waals surface area contributed by atoms with Crippen molar-refractivity contribution in [1.82, 2.24) is 15.5 Å². The molecule has 11 nitrogen and oxygen atoms in total. The van der Waals surface area contributed by atoms with Gasteiger partial charge in [0, 0.05) is 7.05 Å². The molecule has 15 heteroatoms. The summed E-state index contributed by atoms with van der Waals surface area (Å²) in [5.41, 5.74) is -0.784. The maximum atomic E-state index is 13.9. The summed E-state index contributed by atoms with van der Waals surface area (Å²) in [4.78, 5) is 54.6. The number of carbonyl (C=O) groups is 4. The Balaban J connectivity index is 6.48. The van der Waals surface area contributed by atoms with E-state index in [0.717, 1.165) is 0 Å². The zero-order valence-electron chi connectivity index (χ0n) is 30.8. The minimum absolute atomic E-state index is 0.0128. The number of aliphatic hydroxyl groups is 1. The van der Waals surface area contributed by atoms with Crippen molar-refractivity contribution in [2.75, 3.05) is 13.7 Å². The molecular formula is C32H60Cl3N3O8Si. The third kappa shape index (κ3) is 16.8. The number of halogens is 3. The lowest BCUT2D eigenvalue weighted by Crippen LogP contribution is -2.61. The van der Waals surface area contributed by atoms with Gasteiger partial charge in [-0.1, -0.05) is 89.7 Å². The highest BCUT2D eigenvalue weighted by Crippen LogP contribution is 2.39. The van der Waals surface area contributed by atoms with E-state index in [1.165, 1.54) is 18.9 Å². The summed E-state index contributed by atoms with van der Waals surface area (Å²) in [6.45, 7) is 23.9. The normalized spacial score (nSPS) is 16.7. The molecule has 0 bridgehead atoms. The predicted molar refractivity (Wildman–Crippen MR) is 190 cm³/mol. The molecule has 0 fully saturated rings. The smallest absolute Gasteiger partial charge is 0.410 e. The van der Waals surface area contributed by atoms with Crippen molar-refractivity contribution in [3.8, 4) is 0 Å². The monoisotopic (exact) mass is 747 g/mol. The second-order valence-corrected chi connectivity index (χ2v) is 22.6. The van der Waals surface area contributed by atoms with Crippen molar-refractivity contribution in [3.63, 3.8) is 0 Å². The molecule has 0 aromatic heterocycles. The predicted octanol–water partition coefficient (Wildman–Crippen LogP) is 6.36. The standard InChI is InChI=1S/C32H60Cl3N3O8Si/c1-15-20(4)25(23(46-47(13,14)31(9,10)11)17-24(40)44-18-32(33,34)35)36-28(42)26(21(5)39)37-27(41)22(16-19(2)3)38(12)29(43)45-30(6,7)8/h19-23,25-26,39H,15-18H2,1-14H3,(H,36,42)(H,37,41)/t20-,21+,22+,23-,25+,26-/m0/s1. The van der Waals surface area contributed by atoms with Gasteiger partial charge in [0.05, 0.1) is 24.7 Å². The lowest BCUT2D eigenvalue weighted by atomic mass is 9.92. The Bertz CT molecular complexity index is 1040. The molecule has 0 heterocycles. The number of hydrogen-bond acceptors (Lipinski definition) is 8. The van der Waals surface area contributed by atoms with Crippen LogP contribution in [-0.2, 0) is 28.3 Å². The lowest BCUT2D eigenvalue weighted by Gasteiger charge is -2.43. The molecule has 47 heavy (non-hydrogen) atoms. The molecule has 6 atom stereocenters. The maximum Gasteiger partial charge on any atom is 0.410 e. The van der Waals surface area contributed by atoms with Gasteiger partial charge in [-0.15, -0.1) is 0 Å². The van der Waals surface area contributed by atoms with Crippen LogP contribution in [0.2, 0.25) is 18.1 Å². The van der Waals surface area contributed by atoms with E-state index in [0.29, 0.717) is 6.42 Å². The third-order valence-corrected chi connectivity index (χ3v) is 13.0. The number of amides is 3. The minimum Gasteiger partial charge on any atom is -0.461 e. The quantitative estimate of drug-likeness (QED) is 0.0941. The molecule has 0 aromatic carbocycles. The summed E-state index contributed by atoms with van der Waals surface area (Å²) in [6.07, 6.45) is -2.20. The molecule has 0 radical (unpaired) electrons. The van der Waals surface area contributed by atoms with E-state index in [-0.39, 0.29) is 29.7 Å². The zero-order chi connectivity index (χ0) is 37.3. The van der Waals surface area contributed by atoms with Gasteiger partial charge < -0.3 is 29.6 Å². The highest BCUT2D eigenvalue weighted by atomic mass is 35.6. The summed E-state index contributed by atoms with van der Waals surface area (Å²) in [6, 6.07) is -3.09. The largest absolute Gasteiger partial charge is 0.461 e. The first-order valence-electron chi connectivity index (χ1n) is 16.2. The summed E-state index contributed by atoms with van der Waals surface area (Å²) < 4.78 is 15.6. The molecular weight excluding hydrogens is 689 g/mol. The number of carbonyl (C=O) groups excluding carboxylic acids is 4. The Morgan fingerprint density at radius 3 is 1.85 bits per heavy atom. The number of hydrogen-bond donors (Lipinski definition) is 3. The van der Waals surface area contributed by atoms with E-state index in [1.807, 2.05) is 40.8 Å². The van der Waals surface area contributed by atoms with Gasteiger partial charge in [-0.2, -0.15) is 0 Å². The molecule has 0 spiro atoms. The molecule has 0 saturated carbocycles. The van der Waals surface area contributed by atoms with Gasteiger partial charge >= 0.3 is 12.1 Å². The van der Waals surface area contributed by atoms with Crippen LogP contribution in [-0.4, -0.2) is 95.6 Å². The highest BCUT2D eigenvalue weighted by Gasteiger charge is 2.44. The van der Waals surface area contributed by atoms with Gasteiger partial charge in [-0.3, -0.25) is 19.3 Å². The second kappa shape index (κ2) is 18.6. The summed E-state index contributed by atoms with van der Waals surface area (Å²) in [7, 11) is -1.06. The SMILES string of the molecule is CC[C@H](C)[C@@H](NC(=O)[C@@H](NC(=O)[C@@H](CC(C)C)N(C)C(=O)OC(C)(C)C)[C@@H](C)O)[C@H](CC(=O)OCC(Cl)(Cl)Cl)O[Si](C)(C)C(C)(C)C. The molecule has 3 amide bonds. The van der Waals surface area contributed by atoms with Crippen LogP contribution < -0.4 is 10.6 Å². The van der Waals surface area contributed by atoms with Gasteiger partial charge in [0.25, 0.3) is 0 Å². The van der Waals surface area contributed by atoms with Crippen molar-refractivity contribution in [1.29, 1.82) is 0 Å². The fraction of sp³-hybridized carbons (Fsp3) is 0.875. The Labute approximate surface area is 298 Å². The van der Waals surface area contributed by atoms with Crippen LogP contribution in [0, 0.1) is 11.8 Å². The van der Waals surface area contributed by atoms with Crippen LogP contribution in [0.25, 0.3) is 0 Å². The number of aliphatic hydroxyl groups excluding tert-OH is 1. The van der Waals surface area contributed by atoms with Gasteiger partial charge in [0.2, 0.25) is 15.6 Å². The summed E-state index contributed by atoms with van der Waals surface area (Å²) >= 11 is 17.4. The topological polar surface area (TPSA) is 144 Å². The first-order chi connectivity index (χ1) is 21.0. The van der Waals surface area contributed by atoms with E-state index >= 15 is 0 Å². The van der Waals surface area contributed by atoms with Crippen molar-refractivity contribution < 1.29 is 38.2 Å². The number of rotatable bonds is 16. The minimum atomic E-state index is -2.52. The molecule has 0 aliphatic rings. The van der Waals surface area contributed by atoms with E-state index in [2.05, 4.69) is 31.4 Å². The van der Waals surface area contributed by atoms with Crippen LogP contribution in [0.3, 0.4) is 0 Å². The average Bonchev–Trinajstić information content (AvgIpc) is 2.88. The van der Waals surface area contributed by atoms with Crippen molar-refractivity contribution in [2.45, 2.75) is 153 Å². The third-order valence-electron chi connectivity index (χ3n) is 8.19. The average molecular weight is 749 g/mol. The number of nitrogens with zero attached hydrogens (tertiary/aromatic N) is 1.